The lowest BCUT2D eigenvalue weighted by Crippen LogP contribution is -3.17. The quantitative estimate of drug-likeness (QED) is 0.831. The van der Waals surface area contributed by atoms with Crippen molar-refractivity contribution in [2.24, 2.45) is 0 Å². The van der Waals surface area contributed by atoms with Gasteiger partial charge >= 0.3 is 0 Å². The SMILES string of the molecule is CCN(CC)C(=O)c1ccc(NC(=O)C[NH+]2CCCC[C@@H]2C)cc1. The molecular formula is C19H30N3O2+. The molecule has 0 aromatic heterocycles. The highest BCUT2D eigenvalue weighted by molar-refractivity contribution is 5.96. The number of quaternary nitrogens is 1. The number of amides is 2. The first-order valence-electron chi connectivity index (χ1n) is 9.08. The average Bonchev–Trinajstić information content (AvgIpc) is 2.58. The summed E-state index contributed by atoms with van der Waals surface area (Å²) in [4.78, 5) is 27.7. The first kappa shape index (κ1) is 18.5. The number of carbonyl (C=O) groups excluding carboxylic acids is 2. The number of hydrogen-bond acceptors (Lipinski definition) is 2. The van der Waals surface area contributed by atoms with Gasteiger partial charge < -0.3 is 15.1 Å². The minimum absolute atomic E-state index is 0.0319. The molecule has 1 heterocycles. The van der Waals surface area contributed by atoms with Gasteiger partial charge in [-0.3, -0.25) is 9.59 Å². The Morgan fingerprint density at radius 2 is 1.83 bits per heavy atom. The number of rotatable bonds is 6. The van der Waals surface area contributed by atoms with E-state index in [2.05, 4.69) is 12.2 Å². The Kier molecular flexibility index (Phi) is 6.79. The molecule has 1 aromatic carbocycles. The van der Waals surface area contributed by atoms with Crippen molar-refractivity contribution >= 4 is 17.5 Å². The van der Waals surface area contributed by atoms with E-state index in [0.717, 1.165) is 12.2 Å². The zero-order valence-electron chi connectivity index (χ0n) is 15.1. The zero-order valence-corrected chi connectivity index (χ0v) is 15.1. The van der Waals surface area contributed by atoms with Gasteiger partial charge in [0.25, 0.3) is 11.8 Å². The monoisotopic (exact) mass is 332 g/mol. The van der Waals surface area contributed by atoms with E-state index in [9.17, 15) is 9.59 Å². The van der Waals surface area contributed by atoms with E-state index in [-0.39, 0.29) is 11.8 Å². The Balaban J connectivity index is 1.91. The van der Waals surface area contributed by atoms with Crippen LogP contribution in [-0.2, 0) is 4.79 Å². The highest BCUT2D eigenvalue weighted by Gasteiger charge is 2.24. The van der Waals surface area contributed by atoms with Crippen LogP contribution in [0.25, 0.3) is 0 Å². The van der Waals surface area contributed by atoms with Gasteiger partial charge in [-0.25, -0.2) is 0 Å². The maximum atomic E-state index is 12.3. The summed E-state index contributed by atoms with van der Waals surface area (Å²) in [5.74, 6) is 0.0750. The maximum absolute atomic E-state index is 12.3. The topological polar surface area (TPSA) is 53.9 Å². The minimum atomic E-state index is 0.0319. The van der Waals surface area contributed by atoms with Crippen molar-refractivity contribution in [2.45, 2.75) is 46.1 Å². The number of benzene rings is 1. The van der Waals surface area contributed by atoms with Gasteiger partial charge in [0.1, 0.15) is 0 Å². The van der Waals surface area contributed by atoms with Crippen LogP contribution in [-0.4, -0.2) is 48.9 Å². The molecule has 0 bridgehead atoms. The van der Waals surface area contributed by atoms with Gasteiger partial charge in [0, 0.05) is 24.3 Å². The van der Waals surface area contributed by atoms with Crippen LogP contribution in [0.3, 0.4) is 0 Å². The van der Waals surface area contributed by atoms with Gasteiger partial charge in [0.05, 0.1) is 12.6 Å². The van der Waals surface area contributed by atoms with Crippen molar-refractivity contribution in [1.82, 2.24) is 4.90 Å². The Morgan fingerprint density at radius 3 is 2.42 bits per heavy atom. The molecule has 0 radical (unpaired) electrons. The van der Waals surface area contributed by atoms with Crippen LogP contribution in [0.1, 0.15) is 50.4 Å². The van der Waals surface area contributed by atoms with Crippen molar-refractivity contribution in [1.29, 1.82) is 0 Å². The molecule has 5 heteroatoms. The number of carbonyl (C=O) groups is 2. The average molecular weight is 332 g/mol. The van der Waals surface area contributed by atoms with E-state index in [0.29, 0.717) is 31.2 Å². The molecule has 0 spiro atoms. The molecule has 2 atom stereocenters. The van der Waals surface area contributed by atoms with E-state index in [1.807, 2.05) is 26.0 Å². The molecule has 1 unspecified atom stereocenters. The molecule has 1 saturated heterocycles. The van der Waals surface area contributed by atoms with Crippen molar-refractivity contribution in [2.75, 3.05) is 31.5 Å². The lowest BCUT2D eigenvalue weighted by molar-refractivity contribution is -0.920. The summed E-state index contributed by atoms with van der Waals surface area (Å²) in [6.07, 6.45) is 3.67. The first-order chi connectivity index (χ1) is 11.5. The number of likely N-dealkylation sites (tertiary alicyclic amines) is 1. The smallest absolute Gasteiger partial charge is 0.279 e. The number of nitrogens with one attached hydrogen (secondary N) is 2. The Bertz CT molecular complexity index is 552. The van der Waals surface area contributed by atoms with Gasteiger partial charge in [-0.1, -0.05) is 0 Å². The molecule has 5 nitrogen and oxygen atoms in total. The largest absolute Gasteiger partial charge is 0.339 e. The number of nitrogens with zero attached hydrogens (tertiary/aromatic N) is 1. The fourth-order valence-electron chi connectivity index (χ4n) is 3.32. The van der Waals surface area contributed by atoms with E-state index in [1.165, 1.54) is 24.2 Å². The van der Waals surface area contributed by atoms with Crippen LogP contribution >= 0.6 is 0 Å². The Morgan fingerprint density at radius 1 is 1.17 bits per heavy atom. The van der Waals surface area contributed by atoms with Gasteiger partial charge in [-0.15, -0.1) is 0 Å². The highest BCUT2D eigenvalue weighted by atomic mass is 16.2. The molecule has 1 aromatic rings. The van der Waals surface area contributed by atoms with Gasteiger partial charge in [-0.05, 0) is 64.3 Å². The number of anilines is 1. The second kappa shape index (κ2) is 8.83. The molecule has 2 rings (SSSR count). The van der Waals surface area contributed by atoms with Gasteiger partial charge in [-0.2, -0.15) is 0 Å². The fourth-order valence-corrected chi connectivity index (χ4v) is 3.32. The van der Waals surface area contributed by atoms with Crippen molar-refractivity contribution in [3.63, 3.8) is 0 Å². The summed E-state index contributed by atoms with van der Waals surface area (Å²) in [5.41, 5.74) is 1.41. The third-order valence-electron chi connectivity index (χ3n) is 4.94. The molecule has 2 N–H and O–H groups in total. The molecule has 0 aliphatic carbocycles. The normalized spacial score (nSPS) is 20.5. The maximum Gasteiger partial charge on any atom is 0.279 e. The molecule has 24 heavy (non-hydrogen) atoms. The van der Waals surface area contributed by atoms with Crippen LogP contribution in [0.15, 0.2) is 24.3 Å². The van der Waals surface area contributed by atoms with E-state index < -0.39 is 0 Å². The van der Waals surface area contributed by atoms with E-state index >= 15 is 0 Å². The first-order valence-corrected chi connectivity index (χ1v) is 9.08. The predicted octanol–water partition coefficient (Wildman–Crippen LogP) is 1.56. The summed E-state index contributed by atoms with van der Waals surface area (Å²) in [7, 11) is 0. The second-order valence-electron chi connectivity index (χ2n) is 6.58. The third-order valence-corrected chi connectivity index (χ3v) is 4.94. The van der Waals surface area contributed by atoms with Crippen molar-refractivity contribution in [3.8, 4) is 0 Å². The molecule has 1 aliphatic rings. The van der Waals surface area contributed by atoms with Crippen LogP contribution in [0, 0.1) is 0 Å². The Labute approximate surface area is 145 Å². The second-order valence-corrected chi connectivity index (χ2v) is 6.58. The van der Waals surface area contributed by atoms with E-state index in [1.54, 1.807) is 17.0 Å². The van der Waals surface area contributed by atoms with Gasteiger partial charge in [0.2, 0.25) is 0 Å². The standard InChI is InChI=1S/C19H29N3O2/c1-4-21(5-2)19(24)16-9-11-17(12-10-16)20-18(23)14-22-13-7-6-8-15(22)3/h9-12,15H,4-8,13-14H2,1-3H3,(H,20,23)/p+1/t15-/m0/s1. The van der Waals surface area contributed by atoms with Crippen LogP contribution < -0.4 is 10.2 Å². The van der Waals surface area contributed by atoms with Crippen LogP contribution in [0.2, 0.25) is 0 Å². The molecule has 1 aliphatic heterocycles. The van der Waals surface area contributed by atoms with Gasteiger partial charge in [0.15, 0.2) is 6.54 Å². The summed E-state index contributed by atoms with van der Waals surface area (Å²) in [5, 5.41) is 2.95. The molecular weight excluding hydrogens is 302 g/mol. The Hall–Kier alpha value is -1.88. The summed E-state index contributed by atoms with van der Waals surface area (Å²) >= 11 is 0. The summed E-state index contributed by atoms with van der Waals surface area (Å²) in [6.45, 7) is 9.15. The summed E-state index contributed by atoms with van der Waals surface area (Å²) in [6, 6.07) is 7.74. The molecule has 1 fully saturated rings. The molecule has 132 valence electrons. The highest BCUT2D eigenvalue weighted by Crippen LogP contribution is 2.11. The zero-order chi connectivity index (χ0) is 17.5. The number of piperidine rings is 1. The predicted molar refractivity (Wildman–Crippen MR) is 96.3 cm³/mol. The lowest BCUT2D eigenvalue weighted by atomic mass is 10.0. The van der Waals surface area contributed by atoms with Crippen LogP contribution in [0.4, 0.5) is 5.69 Å². The minimum Gasteiger partial charge on any atom is -0.339 e. The van der Waals surface area contributed by atoms with Crippen molar-refractivity contribution in [3.05, 3.63) is 29.8 Å². The molecule has 2 amide bonds. The third kappa shape index (κ3) is 4.81. The lowest BCUT2D eigenvalue weighted by Gasteiger charge is -2.29. The number of hydrogen-bond donors (Lipinski definition) is 2. The molecule has 0 saturated carbocycles. The van der Waals surface area contributed by atoms with E-state index in [4.69, 9.17) is 0 Å². The fraction of sp³-hybridized carbons (Fsp3) is 0.579. The van der Waals surface area contributed by atoms with Crippen molar-refractivity contribution < 1.29 is 14.5 Å². The summed E-state index contributed by atoms with van der Waals surface area (Å²) < 4.78 is 0. The van der Waals surface area contributed by atoms with Crippen LogP contribution in [0.5, 0.6) is 0 Å².